The van der Waals surface area contributed by atoms with Gasteiger partial charge >= 0.3 is 0 Å². The monoisotopic (exact) mass is 294 g/mol. The van der Waals surface area contributed by atoms with Gasteiger partial charge in [-0.15, -0.1) is 16.4 Å². The minimum absolute atomic E-state index is 0.0920. The van der Waals surface area contributed by atoms with E-state index in [0.29, 0.717) is 22.8 Å². The number of tetrazole rings is 1. The Hall–Kier alpha value is -1.74. The lowest BCUT2D eigenvalue weighted by Crippen LogP contribution is -2.09. The summed E-state index contributed by atoms with van der Waals surface area (Å²) >= 11 is 2.84. The first-order valence-electron chi connectivity index (χ1n) is 5.63. The number of H-pyrrole nitrogens is 1. The molecule has 0 saturated carbocycles. The number of thiophene rings is 1. The SMILES string of the molecule is CCn1nnnc1SCc1nc2ccsc2c(=O)[nH]1. The highest BCUT2D eigenvalue weighted by atomic mass is 32.2. The third-order valence-electron chi connectivity index (χ3n) is 2.50. The number of aromatic nitrogens is 6. The Morgan fingerprint density at radius 2 is 2.42 bits per heavy atom. The van der Waals surface area contributed by atoms with Crippen molar-refractivity contribution in [3.8, 4) is 0 Å². The van der Waals surface area contributed by atoms with Gasteiger partial charge in [0.25, 0.3) is 5.56 Å². The predicted molar refractivity (Wildman–Crippen MR) is 73.3 cm³/mol. The van der Waals surface area contributed by atoms with Crippen LogP contribution >= 0.6 is 23.1 Å². The van der Waals surface area contributed by atoms with E-state index in [0.717, 1.165) is 10.7 Å². The van der Waals surface area contributed by atoms with Crippen molar-refractivity contribution < 1.29 is 0 Å². The maximum atomic E-state index is 11.8. The van der Waals surface area contributed by atoms with Crippen LogP contribution in [-0.2, 0) is 12.3 Å². The Kier molecular flexibility index (Phi) is 3.30. The molecule has 0 bridgehead atoms. The summed E-state index contributed by atoms with van der Waals surface area (Å²) in [6, 6.07) is 1.85. The number of rotatable bonds is 4. The smallest absolute Gasteiger partial charge is 0.268 e. The van der Waals surface area contributed by atoms with Gasteiger partial charge in [-0.05, 0) is 28.8 Å². The second-order valence-electron chi connectivity index (χ2n) is 3.71. The second kappa shape index (κ2) is 5.10. The first-order valence-corrected chi connectivity index (χ1v) is 7.50. The molecule has 0 aliphatic heterocycles. The lowest BCUT2D eigenvalue weighted by molar-refractivity contribution is 0.581. The summed E-state index contributed by atoms with van der Waals surface area (Å²) in [7, 11) is 0. The van der Waals surface area contributed by atoms with Crippen molar-refractivity contribution >= 4 is 33.3 Å². The summed E-state index contributed by atoms with van der Waals surface area (Å²) in [5.41, 5.74) is 0.644. The van der Waals surface area contributed by atoms with Crippen LogP contribution in [0.4, 0.5) is 0 Å². The van der Waals surface area contributed by atoms with Crippen LogP contribution in [0.5, 0.6) is 0 Å². The molecule has 3 rings (SSSR count). The van der Waals surface area contributed by atoms with Gasteiger partial charge in [0, 0.05) is 6.54 Å². The molecule has 3 heterocycles. The van der Waals surface area contributed by atoms with Crippen LogP contribution in [0.1, 0.15) is 12.7 Å². The van der Waals surface area contributed by atoms with Crippen LogP contribution in [0.15, 0.2) is 21.4 Å². The summed E-state index contributed by atoms with van der Waals surface area (Å²) in [4.78, 5) is 19.0. The van der Waals surface area contributed by atoms with Crippen LogP contribution in [0.2, 0.25) is 0 Å². The van der Waals surface area contributed by atoms with Crippen molar-refractivity contribution in [1.29, 1.82) is 0 Å². The second-order valence-corrected chi connectivity index (χ2v) is 5.57. The van der Waals surface area contributed by atoms with Gasteiger partial charge in [0.15, 0.2) is 0 Å². The topological polar surface area (TPSA) is 89.3 Å². The van der Waals surface area contributed by atoms with Crippen molar-refractivity contribution in [1.82, 2.24) is 30.2 Å². The fourth-order valence-corrected chi connectivity index (χ4v) is 3.16. The Balaban J connectivity index is 1.84. The fraction of sp³-hybridized carbons (Fsp3) is 0.300. The predicted octanol–water partition coefficient (Wildman–Crippen LogP) is 1.28. The Morgan fingerprint density at radius 1 is 1.53 bits per heavy atom. The number of fused-ring (bicyclic) bond motifs is 1. The zero-order valence-corrected chi connectivity index (χ0v) is 11.7. The lowest BCUT2D eigenvalue weighted by Gasteiger charge is -2.01. The first kappa shape index (κ1) is 12.3. The third kappa shape index (κ3) is 2.38. The highest BCUT2D eigenvalue weighted by Gasteiger charge is 2.08. The van der Waals surface area contributed by atoms with Gasteiger partial charge in [-0.1, -0.05) is 11.8 Å². The van der Waals surface area contributed by atoms with Crippen LogP contribution in [0.25, 0.3) is 10.2 Å². The zero-order valence-electron chi connectivity index (χ0n) is 10.0. The maximum absolute atomic E-state index is 11.8. The van der Waals surface area contributed by atoms with E-state index < -0.39 is 0 Å². The maximum Gasteiger partial charge on any atom is 0.268 e. The first-order chi connectivity index (χ1) is 9.28. The summed E-state index contributed by atoms with van der Waals surface area (Å²) in [6.07, 6.45) is 0. The van der Waals surface area contributed by atoms with E-state index in [-0.39, 0.29) is 5.56 Å². The van der Waals surface area contributed by atoms with Crippen LogP contribution in [-0.4, -0.2) is 30.2 Å². The van der Waals surface area contributed by atoms with Gasteiger partial charge < -0.3 is 4.98 Å². The van der Waals surface area contributed by atoms with E-state index in [2.05, 4.69) is 25.5 Å². The molecular weight excluding hydrogens is 284 g/mol. The molecule has 0 spiro atoms. The molecule has 0 radical (unpaired) electrons. The molecule has 1 N–H and O–H groups in total. The third-order valence-corrected chi connectivity index (χ3v) is 4.37. The molecule has 0 aliphatic carbocycles. The van der Waals surface area contributed by atoms with Gasteiger partial charge in [0.05, 0.1) is 11.3 Å². The van der Waals surface area contributed by atoms with Crippen molar-refractivity contribution in [3.63, 3.8) is 0 Å². The molecule has 0 saturated heterocycles. The summed E-state index contributed by atoms with van der Waals surface area (Å²) in [5.74, 6) is 1.16. The number of nitrogens with one attached hydrogen (secondary N) is 1. The normalized spacial score (nSPS) is 11.2. The standard InChI is InChI=1S/C10H10N6OS2/c1-2-16-10(13-14-15-16)19-5-7-11-6-3-4-18-8(6)9(17)12-7/h3-4H,2,5H2,1H3,(H,11,12,17). The Labute approximate surface area is 116 Å². The van der Waals surface area contributed by atoms with Crippen molar-refractivity contribution in [2.24, 2.45) is 0 Å². The average molecular weight is 294 g/mol. The Morgan fingerprint density at radius 3 is 3.26 bits per heavy atom. The van der Waals surface area contributed by atoms with E-state index in [4.69, 9.17) is 0 Å². The molecule has 3 aromatic rings. The van der Waals surface area contributed by atoms with E-state index in [9.17, 15) is 4.79 Å². The van der Waals surface area contributed by atoms with Gasteiger partial charge in [-0.2, -0.15) is 0 Å². The molecule has 0 fully saturated rings. The molecule has 7 nitrogen and oxygen atoms in total. The van der Waals surface area contributed by atoms with E-state index in [1.807, 2.05) is 18.4 Å². The Bertz CT molecular complexity index is 761. The number of nitrogens with zero attached hydrogens (tertiary/aromatic N) is 5. The minimum atomic E-state index is -0.0920. The van der Waals surface area contributed by atoms with E-state index in [1.54, 1.807) is 4.68 Å². The number of aromatic amines is 1. The van der Waals surface area contributed by atoms with Crippen molar-refractivity contribution in [2.45, 2.75) is 24.4 Å². The quantitative estimate of drug-likeness (QED) is 0.729. The van der Waals surface area contributed by atoms with Crippen molar-refractivity contribution in [3.05, 3.63) is 27.6 Å². The minimum Gasteiger partial charge on any atom is -0.309 e. The largest absolute Gasteiger partial charge is 0.309 e. The number of hydrogen-bond acceptors (Lipinski definition) is 7. The summed E-state index contributed by atoms with van der Waals surface area (Å²) < 4.78 is 2.36. The molecule has 0 aromatic carbocycles. The average Bonchev–Trinajstić information content (AvgIpc) is 3.04. The lowest BCUT2D eigenvalue weighted by atomic mass is 10.4. The number of hydrogen-bond donors (Lipinski definition) is 1. The molecule has 9 heteroatoms. The molecule has 0 amide bonds. The summed E-state index contributed by atoms with van der Waals surface area (Å²) in [5, 5.41) is 14.0. The molecule has 98 valence electrons. The molecule has 0 unspecified atom stereocenters. The van der Waals surface area contributed by atoms with Crippen molar-refractivity contribution in [2.75, 3.05) is 0 Å². The molecule has 3 aromatic heterocycles. The number of aryl methyl sites for hydroxylation is 1. The van der Waals surface area contributed by atoms with Gasteiger partial charge in [-0.25, -0.2) is 9.67 Å². The molecule has 19 heavy (non-hydrogen) atoms. The highest BCUT2D eigenvalue weighted by molar-refractivity contribution is 7.98. The molecule has 0 aliphatic rings. The fourth-order valence-electron chi connectivity index (χ4n) is 1.62. The van der Waals surface area contributed by atoms with E-state index >= 15 is 0 Å². The zero-order chi connectivity index (χ0) is 13.2. The van der Waals surface area contributed by atoms with Crippen LogP contribution in [0.3, 0.4) is 0 Å². The van der Waals surface area contributed by atoms with Gasteiger partial charge in [0.2, 0.25) is 5.16 Å². The summed E-state index contributed by atoms with van der Waals surface area (Å²) in [6.45, 7) is 2.68. The molecule has 0 atom stereocenters. The van der Waals surface area contributed by atoms with E-state index in [1.165, 1.54) is 23.1 Å². The van der Waals surface area contributed by atoms with Gasteiger partial charge in [0.1, 0.15) is 10.5 Å². The van der Waals surface area contributed by atoms with Gasteiger partial charge in [-0.3, -0.25) is 4.79 Å². The highest BCUT2D eigenvalue weighted by Crippen LogP contribution is 2.19. The molecular formula is C10H10N6OS2. The van der Waals surface area contributed by atoms with Crippen LogP contribution in [0, 0.1) is 0 Å². The van der Waals surface area contributed by atoms with Crippen LogP contribution < -0.4 is 5.56 Å². The number of thioether (sulfide) groups is 1.